The summed E-state index contributed by atoms with van der Waals surface area (Å²) in [5.74, 6) is -2.07. The monoisotopic (exact) mass is 610 g/mol. The summed E-state index contributed by atoms with van der Waals surface area (Å²) in [5.41, 5.74) is 2.75. The highest BCUT2D eigenvalue weighted by molar-refractivity contribution is 6.28. The molecule has 6 rings (SSSR count). The average molecular weight is 611 g/mol. The zero-order chi connectivity index (χ0) is 31.8. The lowest BCUT2D eigenvalue weighted by molar-refractivity contribution is -0.459. The van der Waals surface area contributed by atoms with Gasteiger partial charge in [0.2, 0.25) is 5.91 Å². The fraction of sp³-hybridized carbons (Fsp3) is 0.188. The molecule has 1 aliphatic rings. The molecule has 3 aromatic heterocycles. The van der Waals surface area contributed by atoms with Crippen molar-refractivity contribution in [1.82, 2.24) is 19.2 Å². The Morgan fingerprint density at radius 1 is 1.02 bits per heavy atom. The van der Waals surface area contributed by atoms with Crippen molar-refractivity contribution in [3.63, 3.8) is 0 Å². The molecule has 228 valence electrons. The second-order valence-electron chi connectivity index (χ2n) is 10.7. The molecule has 1 N–H and O–H groups in total. The maximum absolute atomic E-state index is 13.6. The van der Waals surface area contributed by atoms with E-state index in [0.717, 1.165) is 33.8 Å². The van der Waals surface area contributed by atoms with Gasteiger partial charge in [-0.2, -0.15) is 14.5 Å². The summed E-state index contributed by atoms with van der Waals surface area (Å²) >= 11 is 0. The molecule has 1 aliphatic heterocycles. The number of imidazole rings is 1. The normalized spacial score (nSPS) is 15.0. The van der Waals surface area contributed by atoms with E-state index in [1.54, 1.807) is 49.1 Å². The van der Waals surface area contributed by atoms with Crippen molar-refractivity contribution in [3.05, 3.63) is 85.3 Å². The Morgan fingerprint density at radius 3 is 2.49 bits per heavy atom. The first-order valence-electron chi connectivity index (χ1n) is 14.0. The number of aryl methyl sites for hydroxylation is 1. The highest BCUT2D eigenvalue weighted by atomic mass is 19.1. The van der Waals surface area contributed by atoms with Crippen molar-refractivity contribution >= 4 is 41.0 Å². The number of benzene rings is 2. The number of imide groups is 1. The topological polar surface area (TPSA) is 123 Å². The van der Waals surface area contributed by atoms with E-state index in [9.17, 15) is 18.8 Å². The molecule has 5 aromatic rings. The maximum atomic E-state index is 13.6. The largest absolute Gasteiger partial charge is 0.505 e. The number of anilines is 2. The quantitative estimate of drug-likeness (QED) is 0.196. The standard InChI is InChI=1S/C32H28FN7O5/c1-19(2)38-16-24(31(42)40(32(38)43)23-8-5-21(33)6-9-23)30(41)36-22-7-10-27(29(14-22)44-4)45-28-13-20(25-17-37(3)18-34-25)15-39-26(28)11-12-35-39/h5-19,24H,1-4H3/p+1. The van der Waals surface area contributed by atoms with Crippen LogP contribution in [0.3, 0.4) is 0 Å². The molecule has 45 heavy (non-hydrogen) atoms. The summed E-state index contributed by atoms with van der Waals surface area (Å²) in [6.07, 6.45) is 8.42. The number of hydrogen-bond acceptors (Lipinski definition) is 7. The van der Waals surface area contributed by atoms with Crippen molar-refractivity contribution in [2.24, 2.45) is 13.0 Å². The molecule has 2 aromatic carbocycles. The fourth-order valence-electron chi connectivity index (χ4n) is 4.99. The first-order chi connectivity index (χ1) is 21.6. The van der Waals surface area contributed by atoms with Gasteiger partial charge in [-0.25, -0.2) is 18.7 Å². The van der Waals surface area contributed by atoms with Crippen molar-refractivity contribution in [1.29, 1.82) is 0 Å². The molecule has 12 nitrogen and oxygen atoms in total. The zero-order valence-corrected chi connectivity index (χ0v) is 24.8. The van der Waals surface area contributed by atoms with Crippen LogP contribution in [0.2, 0.25) is 0 Å². The van der Waals surface area contributed by atoms with Crippen LogP contribution in [0.25, 0.3) is 16.8 Å². The Balaban J connectivity index is 1.27. The summed E-state index contributed by atoms with van der Waals surface area (Å²) in [6, 6.07) is 12.4. The van der Waals surface area contributed by atoms with E-state index in [1.807, 2.05) is 36.1 Å². The number of fused-ring (bicyclic) bond motifs is 1. The molecule has 0 saturated heterocycles. The number of carbonyl (C=O) groups excluding carboxylic acids is 3. The van der Waals surface area contributed by atoms with E-state index in [0.29, 0.717) is 22.9 Å². The number of hydrogen-bond donors (Lipinski definition) is 1. The summed E-state index contributed by atoms with van der Waals surface area (Å²) < 4.78 is 30.3. The fourth-order valence-corrected chi connectivity index (χ4v) is 4.99. The SMILES string of the molecule is COc1cc(NC(=O)C2C=[N+](C(C)C)C(=O)N(c3ccc(F)cc3)C2=O)ccc1Oc1cc(-c2cn(C)cn2)cn2nccc12. The van der Waals surface area contributed by atoms with Gasteiger partial charge in [0, 0.05) is 36.8 Å². The van der Waals surface area contributed by atoms with Gasteiger partial charge >= 0.3 is 11.9 Å². The molecule has 0 fully saturated rings. The Bertz CT molecular complexity index is 1980. The molecule has 4 amide bonds. The number of halogens is 1. The number of urea groups is 1. The number of pyridine rings is 1. The van der Waals surface area contributed by atoms with Crippen molar-refractivity contribution in [3.8, 4) is 28.5 Å². The first-order valence-corrected chi connectivity index (χ1v) is 14.0. The van der Waals surface area contributed by atoms with Gasteiger partial charge in [-0.3, -0.25) is 4.79 Å². The van der Waals surface area contributed by atoms with Crippen LogP contribution in [-0.4, -0.2) is 61.0 Å². The molecule has 1 unspecified atom stereocenters. The maximum Gasteiger partial charge on any atom is 0.505 e. The van der Waals surface area contributed by atoms with Crippen LogP contribution in [0.4, 0.5) is 20.6 Å². The van der Waals surface area contributed by atoms with Gasteiger partial charge in [0.05, 0.1) is 37.6 Å². The molecule has 0 aliphatic carbocycles. The number of ether oxygens (including phenoxy) is 2. The van der Waals surface area contributed by atoms with Crippen molar-refractivity contribution in [2.75, 3.05) is 17.3 Å². The second-order valence-corrected chi connectivity index (χ2v) is 10.7. The molecular formula is C32H29FN7O5+. The number of nitrogens with one attached hydrogen (secondary N) is 1. The Labute approximate surface area is 256 Å². The van der Waals surface area contributed by atoms with Gasteiger partial charge in [0.1, 0.15) is 17.0 Å². The predicted molar refractivity (Wildman–Crippen MR) is 163 cm³/mol. The van der Waals surface area contributed by atoms with E-state index in [1.165, 1.54) is 30.0 Å². The number of rotatable bonds is 8. The van der Waals surface area contributed by atoms with Gasteiger partial charge in [0.15, 0.2) is 23.2 Å². The van der Waals surface area contributed by atoms with Gasteiger partial charge in [-0.15, -0.1) is 4.90 Å². The smallest absolute Gasteiger partial charge is 0.493 e. The van der Waals surface area contributed by atoms with Crippen LogP contribution in [0, 0.1) is 11.7 Å². The van der Waals surface area contributed by atoms with E-state index < -0.39 is 29.6 Å². The third kappa shape index (κ3) is 5.62. The van der Waals surface area contributed by atoms with Gasteiger partial charge in [0.25, 0.3) is 0 Å². The lowest BCUT2D eigenvalue weighted by Crippen LogP contribution is -2.55. The summed E-state index contributed by atoms with van der Waals surface area (Å²) in [6.45, 7) is 3.52. The van der Waals surface area contributed by atoms with Crippen molar-refractivity contribution < 1.29 is 32.8 Å². The Kier molecular flexibility index (Phi) is 7.59. The van der Waals surface area contributed by atoms with Crippen LogP contribution < -0.4 is 19.7 Å². The average Bonchev–Trinajstić information content (AvgIpc) is 3.68. The third-order valence-corrected chi connectivity index (χ3v) is 7.25. The molecule has 0 saturated carbocycles. The van der Waals surface area contributed by atoms with E-state index in [2.05, 4.69) is 15.4 Å². The molecule has 0 spiro atoms. The van der Waals surface area contributed by atoms with Crippen LogP contribution in [0.15, 0.2) is 79.5 Å². The lowest BCUT2D eigenvalue weighted by atomic mass is 10.0. The molecule has 13 heteroatoms. The van der Waals surface area contributed by atoms with Crippen LogP contribution in [0.5, 0.6) is 17.2 Å². The number of methoxy groups -OCH3 is 1. The highest BCUT2D eigenvalue weighted by Crippen LogP contribution is 2.37. The summed E-state index contributed by atoms with van der Waals surface area (Å²) in [7, 11) is 3.35. The first kappa shape index (κ1) is 29.2. The van der Waals surface area contributed by atoms with Crippen LogP contribution >= 0.6 is 0 Å². The summed E-state index contributed by atoms with van der Waals surface area (Å²) in [4.78, 5) is 45.4. The number of amides is 4. The van der Waals surface area contributed by atoms with E-state index in [-0.39, 0.29) is 11.7 Å². The number of aromatic nitrogens is 4. The molecule has 0 bridgehead atoms. The van der Waals surface area contributed by atoms with Crippen LogP contribution in [-0.2, 0) is 16.6 Å². The molecule has 1 atom stereocenters. The minimum atomic E-state index is -1.33. The van der Waals surface area contributed by atoms with Crippen LogP contribution in [0.1, 0.15) is 13.8 Å². The highest BCUT2D eigenvalue weighted by Gasteiger charge is 2.48. The Morgan fingerprint density at radius 2 is 1.80 bits per heavy atom. The summed E-state index contributed by atoms with van der Waals surface area (Å²) in [5, 5.41) is 7.10. The van der Waals surface area contributed by atoms with Gasteiger partial charge in [-0.05, 0) is 62.4 Å². The molecule has 0 radical (unpaired) electrons. The molecular weight excluding hydrogens is 581 g/mol. The van der Waals surface area contributed by atoms with E-state index in [4.69, 9.17) is 9.47 Å². The second kappa shape index (κ2) is 11.7. The zero-order valence-electron chi connectivity index (χ0n) is 24.8. The van der Waals surface area contributed by atoms with E-state index >= 15 is 0 Å². The number of carbonyl (C=O) groups is 3. The lowest BCUT2D eigenvalue weighted by Gasteiger charge is -2.24. The minimum Gasteiger partial charge on any atom is -0.493 e. The van der Waals surface area contributed by atoms with Crippen molar-refractivity contribution in [2.45, 2.75) is 19.9 Å². The number of nitrogens with zero attached hydrogens (tertiary/aromatic N) is 6. The molecule has 4 heterocycles. The third-order valence-electron chi connectivity index (χ3n) is 7.25. The van der Waals surface area contributed by atoms with Gasteiger partial charge in [-0.1, -0.05) is 0 Å². The predicted octanol–water partition coefficient (Wildman–Crippen LogP) is 4.89. The minimum absolute atomic E-state index is 0.158. The van der Waals surface area contributed by atoms with Gasteiger partial charge < -0.3 is 19.4 Å². The Hall–Kier alpha value is -5.85.